The molecule has 0 aliphatic rings. The minimum Gasteiger partial charge on any atom is -0.481 e. The second kappa shape index (κ2) is 4.58. The number of carboxylic acid groups (broad SMARTS) is 1. The van der Waals surface area contributed by atoms with Crippen LogP contribution in [0.5, 0.6) is 0 Å². The summed E-state index contributed by atoms with van der Waals surface area (Å²) in [5.41, 5.74) is -0.0422. The molecule has 0 saturated heterocycles. The van der Waals surface area contributed by atoms with Gasteiger partial charge in [-0.1, -0.05) is 0 Å². The fourth-order valence-electron chi connectivity index (χ4n) is 0.856. The summed E-state index contributed by atoms with van der Waals surface area (Å²) in [4.78, 5) is 12.2. The fourth-order valence-corrected chi connectivity index (χ4v) is 0.856. The lowest BCUT2D eigenvalue weighted by molar-refractivity contribution is -0.139. The number of carbonyl (C=O) groups is 1. The van der Waals surface area contributed by atoms with Gasteiger partial charge in [0.2, 0.25) is 0 Å². The first-order chi connectivity index (χ1) is 5.73. The Balaban J connectivity index is 3.92. The maximum atomic E-state index is 10.3. The van der Waals surface area contributed by atoms with Crippen LogP contribution in [0.3, 0.4) is 0 Å². The van der Waals surface area contributed by atoms with Crippen LogP contribution in [0.25, 0.3) is 0 Å². The molecule has 0 aromatic rings. The topological polar surface area (TPSA) is 60.8 Å². The molecule has 4 heteroatoms. The van der Waals surface area contributed by atoms with Crippen molar-refractivity contribution in [2.24, 2.45) is 0 Å². The van der Waals surface area contributed by atoms with Gasteiger partial charge >= 0.3 is 5.97 Å². The molecule has 13 heavy (non-hydrogen) atoms. The molecule has 0 heterocycles. The number of likely N-dealkylation sites (N-methyl/N-ethyl adjacent to an activating group) is 1. The van der Waals surface area contributed by atoms with Gasteiger partial charge in [-0.2, -0.15) is 0 Å². The molecule has 0 fully saturated rings. The van der Waals surface area contributed by atoms with E-state index in [4.69, 9.17) is 5.11 Å². The van der Waals surface area contributed by atoms with Gasteiger partial charge in [0.05, 0.1) is 12.5 Å². The summed E-state index contributed by atoms with van der Waals surface area (Å²) in [5, 5.41) is 17.8. The van der Waals surface area contributed by atoms with Gasteiger partial charge in [0, 0.05) is 12.1 Å². The Labute approximate surface area is 79.2 Å². The summed E-state index contributed by atoms with van der Waals surface area (Å²) >= 11 is 0. The van der Waals surface area contributed by atoms with E-state index in [1.54, 1.807) is 0 Å². The van der Waals surface area contributed by atoms with Gasteiger partial charge in [-0.05, 0) is 27.8 Å². The highest BCUT2D eigenvalue weighted by atomic mass is 16.4. The van der Waals surface area contributed by atoms with Gasteiger partial charge in [-0.15, -0.1) is 0 Å². The summed E-state index contributed by atoms with van der Waals surface area (Å²) < 4.78 is 0. The summed E-state index contributed by atoms with van der Waals surface area (Å²) in [7, 11) is 1.87. The van der Waals surface area contributed by atoms with Crippen LogP contribution in [-0.4, -0.2) is 46.3 Å². The summed E-state index contributed by atoms with van der Waals surface area (Å²) in [5.74, 6) is -0.963. The molecule has 0 bridgehead atoms. The van der Waals surface area contributed by atoms with E-state index in [1.807, 2.05) is 32.7 Å². The molecule has 0 aliphatic carbocycles. The minimum absolute atomic E-state index is 0.0422. The number of aliphatic hydroxyl groups is 1. The monoisotopic (exact) mass is 189 g/mol. The van der Waals surface area contributed by atoms with E-state index in [0.717, 1.165) is 0 Å². The zero-order valence-electron chi connectivity index (χ0n) is 8.74. The van der Waals surface area contributed by atoms with Crippen LogP contribution in [0.1, 0.15) is 27.2 Å². The Hall–Kier alpha value is -0.610. The average Bonchev–Trinajstić information content (AvgIpc) is 1.82. The van der Waals surface area contributed by atoms with E-state index in [-0.39, 0.29) is 12.0 Å². The zero-order chi connectivity index (χ0) is 10.6. The van der Waals surface area contributed by atoms with E-state index >= 15 is 0 Å². The molecule has 0 amide bonds. The molecule has 0 aliphatic heterocycles. The Kier molecular flexibility index (Phi) is 4.36. The third kappa shape index (κ3) is 5.60. The number of hydrogen-bond donors (Lipinski definition) is 2. The van der Waals surface area contributed by atoms with Crippen LogP contribution in [0, 0.1) is 0 Å². The third-order valence-electron chi connectivity index (χ3n) is 2.04. The number of nitrogens with zero attached hydrogens (tertiary/aromatic N) is 1. The van der Waals surface area contributed by atoms with Crippen LogP contribution in [0.2, 0.25) is 0 Å². The maximum absolute atomic E-state index is 10.3. The second-order valence-electron chi connectivity index (χ2n) is 4.30. The molecule has 0 aromatic carbocycles. The molecular weight excluding hydrogens is 170 g/mol. The molecule has 0 rings (SSSR count). The fraction of sp³-hybridized carbons (Fsp3) is 0.889. The van der Waals surface area contributed by atoms with E-state index in [9.17, 15) is 9.90 Å². The molecule has 0 saturated carbocycles. The first-order valence-electron chi connectivity index (χ1n) is 4.34. The van der Waals surface area contributed by atoms with Crippen molar-refractivity contribution in [1.29, 1.82) is 0 Å². The largest absolute Gasteiger partial charge is 0.481 e. The second-order valence-corrected chi connectivity index (χ2v) is 4.30. The standard InChI is InChI=1S/C9H19NO3/c1-9(2,3)10(4)6-7(11)5-8(12)13/h7,11H,5-6H2,1-4H3,(H,12,13). The minimum atomic E-state index is -0.963. The predicted molar refractivity (Wildman–Crippen MR) is 50.6 cm³/mol. The van der Waals surface area contributed by atoms with Crippen molar-refractivity contribution in [2.75, 3.05) is 13.6 Å². The molecular formula is C9H19NO3. The van der Waals surface area contributed by atoms with Crippen molar-refractivity contribution in [1.82, 2.24) is 4.90 Å². The maximum Gasteiger partial charge on any atom is 0.306 e. The van der Waals surface area contributed by atoms with Crippen LogP contribution >= 0.6 is 0 Å². The van der Waals surface area contributed by atoms with Gasteiger partial charge < -0.3 is 10.2 Å². The van der Waals surface area contributed by atoms with Crippen molar-refractivity contribution >= 4 is 5.97 Å². The number of rotatable bonds is 4. The SMILES string of the molecule is CN(CC(O)CC(=O)O)C(C)(C)C. The van der Waals surface area contributed by atoms with Crippen molar-refractivity contribution < 1.29 is 15.0 Å². The number of β-amino-alcohol motifs (C(OH)–C–C–N with tert-alkyl or cyclic N) is 1. The normalized spacial score (nSPS) is 14.6. The van der Waals surface area contributed by atoms with Crippen LogP contribution in [-0.2, 0) is 4.79 Å². The molecule has 1 unspecified atom stereocenters. The Morgan fingerprint density at radius 1 is 1.46 bits per heavy atom. The molecule has 1 atom stereocenters. The average molecular weight is 189 g/mol. The highest BCUT2D eigenvalue weighted by Crippen LogP contribution is 2.11. The molecule has 4 nitrogen and oxygen atoms in total. The molecule has 78 valence electrons. The first-order valence-corrected chi connectivity index (χ1v) is 4.34. The van der Waals surface area contributed by atoms with Gasteiger partial charge in [-0.25, -0.2) is 0 Å². The van der Waals surface area contributed by atoms with Gasteiger partial charge in [0.1, 0.15) is 0 Å². The smallest absolute Gasteiger partial charge is 0.306 e. The lowest BCUT2D eigenvalue weighted by Gasteiger charge is -2.33. The van der Waals surface area contributed by atoms with Crippen LogP contribution in [0.4, 0.5) is 0 Å². The van der Waals surface area contributed by atoms with Gasteiger partial charge in [0.25, 0.3) is 0 Å². The third-order valence-corrected chi connectivity index (χ3v) is 2.04. The van der Waals surface area contributed by atoms with Crippen LogP contribution in [0.15, 0.2) is 0 Å². The Morgan fingerprint density at radius 3 is 2.23 bits per heavy atom. The summed E-state index contributed by atoms with van der Waals surface area (Å²) in [6.45, 7) is 6.43. The van der Waals surface area contributed by atoms with Gasteiger partial charge in [-0.3, -0.25) is 9.69 Å². The number of carboxylic acids is 1. The van der Waals surface area contributed by atoms with E-state index < -0.39 is 12.1 Å². The Bertz CT molecular complexity index is 174. The van der Waals surface area contributed by atoms with Gasteiger partial charge in [0.15, 0.2) is 0 Å². The number of hydrogen-bond acceptors (Lipinski definition) is 3. The quantitative estimate of drug-likeness (QED) is 0.678. The summed E-state index contributed by atoms with van der Waals surface area (Å²) in [6, 6.07) is 0. The lowest BCUT2D eigenvalue weighted by atomic mass is 10.1. The molecule has 0 aromatic heterocycles. The highest BCUT2D eigenvalue weighted by molar-refractivity contribution is 5.67. The molecule has 2 N–H and O–H groups in total. The lowest BCUT2D eigenvalue weighted by Crippen LogP contribution is -2.43. The van der Waals surface area contributed by atoms with E-state index in [2.05, 4.69) is 0 Å². The van der Waals surface area contributed by atoms with Crippen molar-refractivity contribution in [2.45, 2.75) is 38.8 Å². The highest BCUT2D eigenvalue weighted by Gasteiger charge is 2.20. The predicted octanol–water partition coefficient (Wildman–Crippen LogP) is 0.552. The first kappa shape index (κ1) is 12.4. The number of aliphatic hydroxyl groups excluding tert-OH is 1. The molecule has 0 spiro atoms. The molecule has 0 radical (unpaired) electrons. The van der Waals surface area contributed by atoms with E-state index in [1.165, 1.54) is 0 Å². The number of aliphatic carboxylic acids is 1. The van der Waals surface area contributed by atoms with Crippen molar-refractivity contribution in [3.63, 3.8) is 0 Å². The summed E-state index contributed by atoms with van der Waals surface area (Å²) in [6.07, 6.45) is -0.984. The van der Waals surface area contributed by atoms with Crippen molar-refractivity contribution in [3.8, 4) is 0 Å². The van der Waals surface area contributed by atoms with E-state index in [0.29, 0.717) is 6.54 Å². The van der Waals surface area contributed by atoms with Crippen LogP contribution < -0.4 is 0 Å². The van der Waals surface area contributed by atoms with Crippen molar-refractivity contribution in [3.05, 3.63) is 0 Å². The zero-order valence-corrected chi connectivity index (χ0v) is 8.74. The Morgan fingerprint density at radius 2 is 1.92 bits per heavy atom.